The van der Waals surface area contributed by atoms with Gasteiger partial charge in [-0.3, -0.25) is 4.57 Å². The molecule has 24 heavy (non-hydrogen) atoms. The molecule has 0 aromatic rings. The molecule has 0 aromatic heterocycles. The Bertz CT molecular complexity index is 423. The van der Waals surface area contributed by atoms with Gasteiger partial charge in [0.1, 0.15) is 25.9 Å². The second-order valence-corrected chi connectivity index (χ2v) is 7.29. The second-order valence-electron chi connectivity index (χ2n) is 5.92. The van der Waals surface area contributed by atoms with Gasteiger partial charge in [0.25, 0.3) is 7.82 Å². The Balaban J connectivity index is 4.48. The van der Waals surface area contributed by atoms with Crippen molar-refractivity contribution in [2.24, 2.45) is 0 Å². The smallest absolute Gasteiger partial charge is 0.330 e. The largest absolute Gasteiger partial charge is 0.756 e. The van der Waals surface area contributed by atoms with E-state index in [1.165, 1.54) is 7.11 Å². The Hall–Kier alpha value is -0.800. The lowest BCUT2D eigenvalue weighted by molar-refractivity contribution is -0.870. The minimum absolute atomic E-state index is 0.0199. The molecule has 0 aliphatic rings. The van der Waals surface area contributed by atoms with Gasteiger partial charge in [0.15, 0.2) is 0 Å². The molecule has 10 heteroatoms. The number of likely N-dealkylation sites (N-methyl/N-ethyl adjacent to an activating group) is 1. The van der Waals surface area contributed by atoms with Crippen LogP contribution in [0.15, 0.2) is 12.7 Å². The molecule has 142 valence electrons. The normalized spacial score (nSPS) is 15.5. The molecule has 0 radical (unpaired) electrons. The fourth-order valence-corrected chi connectivity index (χ4v) is 2.19. The molecular formula is C14H28NO8P. The van der Waals surface area contributed by atoms with E-state index >= 15 is 0 Å². The SMILES string of the molecule is C=CC(=O)OCC(COCCOC)OP(=O)([O-])OCC[N+](C)(C)C. The molecule has 0 fully saturated rings. The highest BCUT2D eigenvalue weighted by molar-refractivity contribution is 7.45. The summed E-state index contributed by atoms with van der Waals surface area (Å²) in [5.41, 5.74) is 0. The van der Waals surface area contributed by atoms with Crippen molar-refractivity contribution in [2.75, 3.05) is 67.8 Å². The summed E-state index contributed by atoms with van der Waals surface area (Å²) in [5, 5.41) is 0. The zero-order chi connectivity index (χ0) is 18.6. The first-order valence-electron chi connectivity index (χ1n) is 7.40. The standard InChI is InChI=1S/C14H28NO8P/c1-6-14(16)21-12-13(11-20-10-9-19-5)23-24(17,18)22-8-7-15(2,3)4/h6,13H,1,7-12H2,2-5H3. The third-order valence-electron chi connectivity index (χ3n) is 2.60. The maximum atomic E-state index is 11.9. The molecule has 0 aliphatic heterocycles. The highest BCUT2D eigenvalue weighted by Crippen LogP contribution is 2.39. The molecule has 0 heterocycles. The van der Waals surface area contributed by atoms with E-state index in [1.54, 1.807) is 0 Å². The lowest BCUT2D eigenvalue weighted by atomic mass is 10.4. The lowest BCUT2D eigenvalue weighted by Crippen LogP contribution is -2.38. The summed E-state index contributed by atoms with van der Waals surface area (Å²) in [5.74, 6) is -0.688. The van der Waals surface area contributed by atoms with Crippen LogP contribution in [0.4, 0.5) is 0 Å². The Kier molecular flexibility index (Phi) is 11.3. The predicted molar refractivity (Wildman–Crippen MR) is 85.2 cm³/mol. The van der Waals surface area contributed by atoms with Crippen LogP contribution in [0.2, 0.25) is 0 Å². The molecule has 0 spiro atoms. The van der Waals surface area contributed by atoms with Crippen LogP contribution in [0.25, 0.3) is 0 Å². The maximum Gasteiger partial charge on any atom is 0.330 e. The average Bonchev–Trinajstić information content (AvgIpc) is 2.46. The van der Waals surface area contributed by atoms with Crippen molar-refractivity contribution in [1.29, 1.82) is 0 Å². The van der Waals surface area contributed by atoms with Crippen LogP contribution in [0.5, 0.6) is 0 Å². The summed E-state index contributed by atoms with van der Waals surface area (Å²) in [4.78, 5) is 23.0. The van der Waals surface area contributed by atoms with Crippen molar-refractivity contribution in [1.82, 2.24) is 0 Å². The highest BCUT2D eigenvalue weighted by atomic mass is 31.2. The predicted octanol–water partition coefficient (Wildman–Crippen LogP) is -0.0450. The van der Waals surface area contributed by atoms with E-state index in [0.29, 0.717) is 17.6 Å². The summed E-state index contributed by atoms with van der Waals surface area (Å²) in [6.45, 7) is 3.91. The summed E-state index contributed by atoms with van der Waals surface area (Å²) in [6, 6.07) is 0. The quantitative estimate of drug-likeness (QED) is 0.138. The number of ether oxygens (including phenoxy) is 3. The third kappa shape index (κ3) is 13.6. The molecular weight excluding hydrogens is 341 g/mol. The van der Waals surface area contributed by atoms with Crippen LogP contribution in [-0.2, 0) is 32.6 Å². The number of carbonyl (C=O) groups is 1. The van der Waals surface area contributed by atoms with E-state index in [4.69, 9.17) is 23.3 Å². The molecule has 2 atom stereocenters. The van der Waals surface area contributed by atoms with E-state index in [-0.39, 0.29) is 26.4 Å². The number of rotatable bonds is 14. The van der Waals surface area contributed by atoms with Gasteiger partial charge >= 0.3 is 5.97 Å². The van der Waals surface area contributed by atoms with Crippen LogP contribution < -0.4 is 4.89 Å². The van der Waals surface area contributed by atoms with Gasteiger partial charge in [-0.2, -0.15) is 0 Å². The van der Waals surface area contributed by atoms with Gasteiger partial charge in [0, 0.05) is 13.2 Å². The molecule has 0 saturated carbocycles. The first-order chi connectivity index (χ1) is 11.1. The van der Waals surface area contributed by atoms with Crippen molar-refractivity contribution in [2.45, 2.75) is 6.10 Å². The Morgan fingerprint density at radius 2 is 1.92 bits per heavy atom. The van der Waals surface area contributed by atoms with E-state index in [2.05, 4.69) is 6.58 Å². The van der Waals surface area contributed by atoms with Gasteiger partial charge in [-0.05, 0) is 0 Å². The minimum Gasteiger partial charge on any atom is -0.756 e. The van der Waals surface area contributed by atoms with Gasteiger partial charge in [-0.1, -0.05) is 6.58 Å². The second kappa shape index (κ2) is 11.7. The van der Waals surface area contributed by atoms with Crippen LogP contribution >= 0.6 is 7.82 Å². The molecule has 0 aliphatic carbocycles. The first kappa shape index (κ1) is 23.2. The number of methoxy groups -OCH3 is 1. The zero-order valence-corrected chi connectivity index (χ0v) is 15.7. The molecule has 0 N–H and O–H groups in total. The third-order valence-corrected chi connectivity index (χ3v) is 3.66. The van der Waals surface area contributed by atoms with Crippen molar-refractivity contribution in [3.8, 4) is 0 Å². The lowest BCUT2D eigenvalue weighted by Gasteiger charge is -2.29. The van der Waals surface area contributed by atoms with Crippen molar-refractivity contribution in [3.63, 3.8) is 0 Å². The van der Waals surface area contributed by atoms with Gasteiger partial charge in [0.05, 0.1) is 41.0 Å². The summed E-state index contributed by atoms with van der Waals surface area (Å²) in [7, 11) is 2.68. The Labute approximate surface area is 143 Å². The molecule has 0 saturated heterocycles. The highest BCUT2D eigenvalue weighted by Gasteiger charge is 2.21. The van der Waals surface area contributed by atoms with Crippen molar-refractivity contribution >= 4 is 13.8 Å². The molecule has 0 amide bonds. The molecule has 9 nitrogen and oxygen atoms in total. The number of nitrogens with zero attached hydrogens (tertiary/aromatic N) is 1. The Morgan fingerprint density at radius 1 is 1.25 bits per heavy atom. The monoisotopic (exact) mass is 369 g/mol. The van der Waals surface area contributed by atoms with Gasteiger partial charge in [0.2, 0.25) is 0 Å². The van der Waals surface area contributed by atoms with E-state index in [9.17, 15) is 14.3 Å². The van der Waals surface area contributed by atoms with Crippen LogP contribution in [-0.4, -0.2) is 84.4 Å². The van der Waals surface area contributed by atoms with Gasteiger partial charge in [-0.15, -0.1) is 0 Å². The molecule has 2 unspecified atom stereocenters. The fraction of sp³-hybridized carbons (Fsp3) is 0.786. The van der Waals surface area contributed by atoms with Gasteiger partial charge < -0.3 is 32.6 Å². The van der Waals surface area contributed by atoms with Crippen molar-refractivity contribution in [3.05, 3.63) is 12.7 Å². The maximum absolute atomic E-state index is 11.9. The van der Waals surface area contributed by atoms with E-state index < -0.39 is 19.9 Å². The van der Waals surface area contributed by atoms with E-state index in [1.807, 2.05) is 21.1 Å². The zero-order valence-electron chi connectivity index (χ0n) is 14.8. The topological polar surface area (TPSA) is 103 Å². The Morgan fingerprint density at radius 3 is 2.46 bits per heavy atom. The number of esters is 1. The first-order valence-corrected chi connectivity index (χ1v) is 8.86. The van der Waals surface area contributed by atoms with Crippen molar-refractivity contribution < 1.29 is 42.0 Å². The minimum atomic E-state index is -4.55. The summed E-state index contributed by atoms with van der Waals surface area (Å²) in [6.07, 6.45) is -0.0459. The van der Waals surface area contributed by atoms with E-state index in [0.717, 1.165) is 6.08 Å². The van der Waals surface area contributed by atoms with Crippen LogP contribution in [0.1, 0.15) is 0 Å². The number of phosphoric ester groups is 1. The fourth-order valence-electron chi connectivity index (χ4n) is 1.34. The number of quaternary nitrogens is 1. The number of carbonyl (C=O) groups excluding carboxylic acids is 1. The number of hydrogen-bond acceptors (Lipinski definition) is 8. The molecule has 0 rings (SSSR count). The van der Waals surface area contributed by atoms with Crippen LogP contribution in [0.3, 0.4) is 0 Å². The van der Waals surface area contributed by atoms with Crippen LogP contribution in [0, 0.1) is 0 Å². The molecule has 0 aromatic carbocycles. The van der Waals surface area contributed by atoms with Gasteiger partial charge in [-0.25, -0.2) is 4.79 Å². The summed E-state index contributed by atoms with van der Waals surface area (Å²) < 4.78 is 37.0. The average molecular weight is 369 g/mol. The summed E-state index contributed by atoms with van der Waals surface area (Å²) >= 11 is 0. The number of phosphoric acid groups is 1. The number of hydrogen-bond donors (Lipinski definition) is 0. The molecule has 0 bridgehead atoms.